The smallest absolute Gasteiger partial charge is 0.354 e. The highest BCUT2D eigenvalue weighted by molar-refractivity contribution is 5.94. The van der Waals surface area contributed by atoms with Crippen LogP contribution in [0.2, 0.25) is 0 Å². The topological polar surface area (TPSA) is 90.8 Å². The molecule has 1 aromatic heterocycles. The monoisotopic (exact) mass is 359 g/mol. The van der Waals surface area contributed by atoms with E-state index in [0.29, 0.717) is 31.8 Å². The van der Waals surface area contributed by atoms with E-state index in [9.17, 15) is 14.4 Å². The number of aromatic nitrogens is 1. The van der Waals surface area contributed by atoms with Crippen LogP contribution in [0.3, 0.4) is 0 Å². The minimum absolute atomic E-state index is 0.0253. The Morgan fingerprint density at radius 3 is 2.38 bits per heavy atom. The molecule has 0 aliphatic carbocycles. The van der Waals surface area contributed by atoms with Crippen molar-refractivity contribution in [2.75, 3.05) is 26.2 Å². The molecule has 1 aromatic rings. The van der Waals surface area contributed by atoms with Crippen molar-refractivity contribution in [3.8, 4) is 0 Å². The van der Waals surface area contributed by atoms with Crippen LogP contribution in [0.5, 0.6) is 0 Å². The van der Waals surface area contributed by atoms with Gasteiger partial charge in [-0.15, -0.1) is 0 Å². The third-order valence-corrected chi connectivity index (χ3v) is 5.29. The van der Waals surface area contributed by atoms with E-state index >= 15 is 0 Å². The minimum atomic E-state index is -1.15. The van der Waals surface area contributed by atoms with Gasteiger partial charge in [-0.2, -0.15) is 0 Å². The van der Waals surface area contributed by atoms with Gasteiger partial charge in [0.15, 0.2) is 0 Å². The summed E-state index contributed by atoms with van der Waals surface area (Å²) in [6, 6.07) is 4.42. The van der Waals surface area contributed by atoms with Crippen LogP contribution in [0, 0.1) is 11.8 Å². The molecule has 0 bridgehead atoms. The second kappa shape index (κ2) is 7.85. The van der Waals surface area contributed by atoms with E-state index in [-0.39, 0.29) is 29.1 Å². The Labute approximate surface area is 153 Å². The van der Waals surface area contributed by atoms with Crippen LogP contribution >= 0.6 is 0 Å². The van der Waals surface area contributed by atoms with E-state index in [1.54, 1.807) is 4.90 Å². The first-order chi connectivity index (χ1) is 12.5. The van der Waals surface area contributed by atoms with E-state index in [0.717, 1.165) is 19.5 Å². The largest absolute Gasteiger partial charge is 0.477 e. The molecule has 1 N–H and O–H groups in total. The molecular formula is C19H25N3O4. The summed E-state index contributed by atoms with van der Waals surface area (Å²) in [5, 5.41) is 9.01. The number of carbonyl (C=O) groups excluding carboxylic acids is 2. The molecule has 0 saturated carbocycles. The van der Waals surface area contributed by atoms with Crippen molar-refractivity contribution in [1.29, 1.82) is 0 Å². The first-order valence-electron chi connectivity index (χ1n) is 9.24. The molecule has 0 radical (unpaired) electrons. The molecule has 2 aliphatic heterocycles. The lowest BCUT2D eigenvalue weighted by Crippen LogP contribution is -2.47. The summed E-state index contributed by atoms with van der Waals surface area (Å²) in [4.78, 5) is 43.9. The molecule has 7 heteroatoms. The highest BCUT2D eigenvalue weighted by atomic mass is 16.4. The third-order valence-electron chi connectivity index (χ3n) is 5.29. The van der Waals surface area contributed by atoms with Gasteiger partial charge in [0.2, 0.25) is 5.91 Å². The Morgan fingerprint density at radius 2 is 1.73 bits per heavy atom. The molecule has 140 valence electrons. The van der Waals surface area contributed by atoms with Gasteiger partial charge in [0.05, 0.1) is 0 Å². The first-order valence-corrected chi connectivity index (χ1v) is 9.24. The number of likely N-dealkylation sites (tertiary alicyclic amines) is 2. The lowest BCUT2D eigenvalue weighted by Gasteiger charge is -2.37. The molecule has 1 atom stereocenters. The minimum Gasteiger partial charge on any atom is -0.477 e. The molecule has 3 heterocycles. The first kappa shape index (κ1) is 18.4. The van der Waals surface area contributed by atoms with Gasteiger partial charge < -0.3 is 14.9 Å². The van der Waals surface area contributed by atoms with Gasteiger partial charge in [-0.3, -0.25) is 9.59 Å². The van der Waals surface area contributed by atoms with Crippen LogP contribution in [0.15, 0.2) is 18.2 Å². The summed E-state index contributed by atoms with van der Waals surface area (Å²) < 4.78 is 0. The average Bonchev–Trinajstić information content (AvgIpc) is 2.67. The molecule has 7 nitrogen and oxygen atoms in total. The van der Waals surface area contributed by atoms with E-state index in [2.05, 4.69) is 11.9 Å². The highest BCUT2D eigenvalue weighted by Gasteiger charge is 2.32. The fraction of sp³-hybridized carbons (Fsp3) is 0.579. The van der Waals surface area contributed by atoms with Crippen molar-refractivity contribution >= 4 is 17.8 Å². The maximum Gasteiger partial charge on any atom is 0.354 e. The molecule has 2 aliphatic rings. The van der Waals surface area contributed by atoms with Crippen molar-refractivity contribution in [1.82, 2.24) is 14.8 Å². The maximum absolute atomic E-state index is 12.7. The predicted molar refractivity (Wildman–Crippen MR) is 94.8 cm³/mol. The number of carbonyl (C=O) groups is 3. The van der Waals surface area contributed by atoms with Crippen molar-refractivity contribution in [3.05, 3.63) is 29.6 Å². The molecule has 2 amide bonds. The van der Waals surface area contributed by atoms with Crippen LogP contribution in [0.1, 0.15) is 53.6 Å². The Hall–Kier alpha value is -2.44. The van der Waals surface area contributed by atoms with E-state index in [1.165, 1.54) is 24.6 Å². The zero-order valence-electron chi connectivity index (χ0n) is 15.1. The normalized spacial score (nSPS) is 21.5. The standard InChI is InChI=1S/C19H25N3O4/c1-13-4-3-9-22(12-13)17(23)14-7-10-21(11-8-14)18(24)15-5-2-6-16(20-15)19(25)26/h2,5-6,13-14H,3-4,7-12H2,1H3,(H,25,26). The van der Waals surface area contributed by atoms with Crippen LogP contribution in [-0.2, 0) is 4.79 Å². The molecule has 0 aromatic carbocycles. The SMILES string of the molecule is CC1CCCN(C(=O)C2CCN(C(=O)c3cccc(C(=O)O)n3)CC2)C1. The number of amides is 2. The van der Waals surface area contributed by atoms with Crippen LogP contribution < -0.4 is 0 Å². The number of piperidine rings is 2. The zero-order valence-corrected chi connectivity index (χ0v) is 15.1. The summed E-state index contributed by atoms with van der Waals surface area (Å²) in [7, 11) is 0. The Balaban J connectivity index is 1.58. The summed E-state index contributed by atoms with van der Waals surface area (Å²) >= 11 is 0. The second-order valence-electron chi connectivity index (χ2n) is 7.31. The molecular weight excluding hydrogens is 334 g/mol. The van der Waals surface area contributed by atoms with E-state index < -0.39 is 5.97 Å². The van der Waals surface area contributed by atoms with Crippen molar-refractivity contribution < 1.29 is 19.5 Å². The Morgan fingerprint density at radius 1 is 1.04 bits per heavy atom. The van der Waals surface area contributed by atoms with Gasteiger partial charge >= 0.3 is 5.97 Å². The zero-order chi connectivity index (χ0) is 18.7. The molecule has 0 spiro atoms. The van der Waals surface area contributed by atoms with Crippen LogP contribution in [0.25, 0.3) is 0 Å². The van der Waals surface area contributed by atoms with Crippen molar-refractivity contribution in [2.24, 2.45) is 11.8 Å². The molecule has 1 unspecified atom stereocenters. The van der Waals surface area contributed by atoms with Gasteiger partial charge in [-0.25, -0.2) is 9.78 Å². The number of pyridine rings is 1. The summed E-state index contributed by atoms with van der Waals surface area (Å²) in [5.41, 5.74) is -0.000311. The van der Waals surface area contributed by atoms with Crippen LogP contribution in [-0.4, -0.2) is 63.9 Å². The fourth-order valence-electron chi connectivity index (χ4n) is 3.81. The highest BCUT2D eigenvalue weighted by Crippen LogP contribution is 2.24. The number of carboxylic acid groups (broad SMARTS) is 1. The number of hydrogen-bond acceptors (Lipinski definition) is 4. The molecule has 2 saturated heterocycles. The number of aromatic carboxylic acids is 1. The second-order valence-corrected chi connectivity index (χ2v) is 7.31. The van der Waals surface area contributed by atoms with Gasteiger partial charge in [-0.1, -0.05) is 13.0 Å². The predicted octanol–water partition coefficient (Wildman–Crippen LogP) is 1.89. The van der Waals surface area contributed by atoms with E-state index in [4.69, 9.17) is 5.11 Å². The molecule has 2 fully saturated rings. The Bertz CT molecular complexity index is 698. The van der Waals surface area contributed by atoms with Gasteiger partial charge in [-0.05, 0) is 43.7 Å². The van der Waals surface area contributed by atoms with Crippen molar-refractivity contribution in [3.63, 3.8) is 0 Å². The summed E-state index contributed by atoms with van der Waals surface area (Å²) in [6.45, 7) is 4.85. The van der Waals surface area contributed by atoms with E-state index in [1.807, 2.05) is 4.90 Å². The van der Waals surface area contributed by atoms with Gasteiger partial charge in [0, 0.05) is 32.1 Å². The molecule has 3 rings (SSSR count). The average molecular weight is 359 g/mol. The lowest BCUT2D eigenvalue weighted by molar-refractivity contribution is -0.138. The summed E-state index contributed by atoms with van der Waals surface area (Å²) in [5.74, 6) is -0.676. The number of rotatable bonds is 3. The lowest BCUT2D eigenvalue weighted by atomic mass is 9.92. The Kier molecular flexibility index (Phi) is 5.54. The van der Waals surface area contributed by atoms with Gasteiger partial charge in [0.25, 0.3) is 5.91 Å². The third kappa shape index (κ3) is 4.03. The molecule has 26 heavy (non-hydrogen) atoms. The summed E-state index contributed by atoms with van der Waals surface area (Å²) in [6.07, 6.45) is 3.54. The number of nitrogens with zero attached hydrogens (tertiary/aromatic N) is 3. The van der Waals surface area contributed by atoms with Crippen LogP contribution in [0.4, 0.5) is 0 Å². The number of carboxylic acids is 1. The van der Waals surface area contributed by atoms with Gasteiger partial charge in [0.1, 0.15) is 11.4 Å². The fourth-order valence-corrected chi connectivity index (χ4v) is 3.81. The quantitative estimate of drug-likeness (QED) is 0.890. The maximum atomic E-state index is 12.7. The number of hydrogen-bond donors (Lipinski definition) is 1. The van der Waals surface area contributed by atoms with Crippen molar-refractivity contribution in [2.45, 2.75) is 32.6 Å².